The Bertz CT molecular complexity index is 442. The Morgan fingerprint density at radius 1 is 1.31 bits per heavy atom. The van der Waals surface area contributed by atoms with Crippen molar-refractivity contribution in [3.05, 3.63) is 43.0 Å². The first-order valence-corrected chi connectivity index (χ1v) is 7.57. The molecule has 0 aromatic heterocycles. The van der Waals surface area contributed by atoms with Gasteiger partial charge in [-0.15, -0.1) is 0 Å². The zero-order chi connectivity index (χ0) is 12.2. The first kappa shape index (κ1) is 13.2. The zero-order valence-corrected chi connectivity index (χ0v) is 9.90. The maximum absolute atomic E-state index is 11.0. The van der Waals surface area contributed by atoms with E-state index in [4.69, 9.17) is 4.18 Å². The molecule has 0 saturated heterocycles. The maximum atomic E-state index is 11.0. The molecule has 0 bridgehead atoms. The van der Waals surface area contributed by atoms with Crippen LogP contribution in [0, 0.1) is 0 Å². The van der Waals surface area contributed by atoms with Gasteiger partial charge in [-0.25, -0.2) is 4.79 Å². The van der Waals surface area contributed by atoms with Crippen molar-refractivity contribution in [2.45, 2.75) is 4.90 Å². The lowest BCUT2D eigenvalue weighted by Gasteiger charge is -2.13. The van der Waals surface area contributed by atoms with Crippen LogP contribution in [0.2, 0.25) is 0 Å². The molecule has 0 radical (unpaired) electrons. The molecule has 0 aliphatic carbocycles. The highest BCUT2D eigenvalue weighted by molar-refractivity contribution is 8.25. The van der Waals surface area contributed by atoms with Gasteiger partial charge >= 0.3 is 12.7 Å². The highest BCUT2D eigenvalue weighted by Gasteiger charge is 2.18. The second-order valence-corrected chi connectivity index (χ2v) is 7.31. The fourth-order valence-corrected chi connectivity index (χ4v) is 3.71. The van der Waals surface area contributed by atoms with Crippen LogP contribution in [0.3, 0.4) is 0 Å². The lowest BCUT2D eigenvalue weighted by Crippen LogP contribution is -2.06. The minimum atomic E-state index is -4.28. The summed E-state index contributed by atoms with van der Waals surface area (Å²) >= 11 is 0. The second kappa shape index (κ2) is 5.43. The Balaban J connectivity index is 3.20. The molecule has 1 atom stereocenters. The van der Waals surface area contributed by atoms with E-state index in [2.05, 4.69) is 6.58 Å². The molecule has 1 rings (SSSR count). The predicted octanol–water partition coefficient (Wildman–Crippen LogP) is 0.962. The molecule has 3 N–H and O–H groups in total. The van der Waals surface area contributed by atoms with Crippen LogP contribution >= 0.6 is 6.72 Å². The molecule has 1 unspecified atom stereocenters. The van der Waals surface area contributed by atoms with E-state index in [-0.39, 0.29) is 0 Å². The van der Waals surface area contributed by atoms with Gasteiger partial charge in [0.2, 0.25) is 0 Å². The monoisotopic (exact) mass is 262 g/mol. The van der Waals surface area contributed by atoms with E-state index in [1.165, 1.54) is 12.1 Å². The summed E-state index contributed by atoms with van der Waals surface area (Å²) in [5.74, 6) is -0.825. The van der Waals surface area contributed by atoms with Gasteiger partial charge in [0.05, 0.1) is 0 Å². The van der Waals surface area contributed by atoms with E-state index in [0.29, 0.717) is 4.90 Å². The summed E-state index contributed by atoms with van der Waals surface area (Å²) in [5, 5.41) is 0. The summed E-state index contributed by atoms with van der Waals surface area (Å²) in [6.45, 7) is -1.09. The van der Waals surface area contributed by atoms with Gasteiger partial charge in [0, 0.05) is 11.0 Å². The Morgan fingerprint density at radius 3 is 2.31 bits per heavy atom. The Morgan fingerprint density at radius 2 is 1.88 bits per heavy atom. The molecule has 0 saturated carbocycles. The number of rotatable bonds is 3. The highest BCUT2D eigenvalue weighted by Crippen LogP contribution is 2.40. The molecule has 1 aromatic carbocycles. The Kier molecular flexibility index (Phi) is 4.46. The molecule has 88 valence electrons. The summed E-state index contributed by atoms with van der Waals surface area (Å²) in [5.41, 5.74) is 0. The molecule has 0 fully saturated rings. The number of carbonyl (C=O) groups is 1. The third-order valence-corrected chi connectivity index (χ3v) is 5.13. The summed E-state index contributed by atoms with van der Waals surface area (Å²) in [6, 6.07) is 8.03. The number of carbonyl (C=O) groups excluding carboxylic acids is 1. The summed E-state index contributed by atoms with van der Waals surface area (Å²) in [4.78, 5) is 38.9. The topological polar surface area (TPSA) is 87.0 Å². The minimum absolute atomic E-state index is 0.332. The van der Waals surface area contributed by atoms with Crippen molar-refractivity contribution in [1.29, 1.82) is 0 Å². The average molecular weight is 262 g/mol. The maximum Gasteiger partial charge on any atom is 0.342 e. The molecule has 7 heteroatoms. The van der Waals surface area contributed by atoms with Crippen LogP contribution < -0.4 is 0 Å². The van der Waals surface area contributed by atoms with Crippen molar-refractivity contribution >= 4 is 23.0 Å². The van der Waals surface area contributed by atoms with E-state index in [1.807, 2.05) is 0 Å². The quantitative estimate of drug-likeness (QED) is 0.558. The van der Waals surface area contributed by atoms with E-state index in [1.54, 1.807) is 18.2 Å². The smallest absolute Gasteiger partial charge is 0.342 e. The van der Waals surface area contributed by atoms with E-state index < -0.39 is 23.0 Å². The molecule has 1 aromatic rings. The van der Waals surface area contributed by atoms with Gasteiger partial charge in [0.1, 0.15) is 10.4 Å². The van der Waals surface area contributed by atoms with Crippen molar-refractivity contribution in [3.8, 4) is 0 Å². The van der Waals surface area contributed by atoms with Crippen molar-refractivity contribution in [1.82, 2.24) is 0 Å². The van der Waals surface area contributed by atoms with Gasteiger partial charge in [-0.1, -0.05) is 24.8 Å². The first-order chi connectivity index (χ1) is 7.45. The molecule has 5 nitrogen and oxygen atoms in total. The van der Waals surface area contributed by atoms with Crippen LogP contribution in [0.5, 0.6) is 0 Å². The normalized spacial score (nSPS) is 12.9. The molecular weight excluding hydrogens is 251 g/mol. The zero-order valence-electron chi connectivity index (χ0n) is 8.18. The van der Waals surface area contributed by atoms with E-state index in [9.17, 15) is 19.5 Å². The molecule has 0 spiro atoms. The molecule has 0 aliphatic rings. The number of hydrogen-bond donors (Lipinski definition) is 3. The first-order valence-electron chi connectivity index (χ1n) is 4.17. The van der Waals surface area contributed by atoms with Crippen LogP contribution in [0.15, 0.2) is 47.9 Å². The van der Waals surface area contributed by atoms with Gasteiger partial charge in [-0.05, 0) is 12.1 Å². The number of benzene rings is 1. The summed E-state index contributed by atoms with van der Waals surface area (Å²) in [6.07, 6.45) is 0.888. The Labute approximate surface area is 95.0 Å². The van der Waals surface area contributed by atoms with Gasteiger partial charge < -0.3 is 18.9 Å². The van der Waals surface area contributed by atoms with Crippen molar-refractivity contribution < 1.29 is 23.7 Å². The lowest BCUT2D eigenvalue weighted by atomic mass is 10.4. The largest absolute Gasteiger partial charge is 0.386 e. The fourth-order valence-electron chi connectivity index (χ4n) is 0.888. The van der Waals surface area contributed by atoms with Gasteiger partial charge in [-0.2, -0.15) is 0 Å². The van der Waals surface area contributed by atoms with E-state index in [0.717, 1.165) is 6.08 Å². The molecule has 16 heavy (non-hydrogen) atoms. The van der Waals surface area contributed by atoms with Crippen molar-refractivity contribution in [2.24, 2.45) is 0 Å². The molecule has 0 aliphatic heterocycles. The van der Waals surface area contributed by atoms with Crippen LogP contribution in [0.4, 0.5) is 0 Å². The van der Waals surface area contributed by atoms with Gasteiger partial charge in [-0.3, -0.25) is 0 Å². The third kappa shape index (κ3) is 3.59. The molecule has 0 amide bonds. The highest BCUT2D eigenvalue weighted by atomic mass is 32.5. The van der Waals surface area contributed by atoms with Crippen LogP contribution in [-0.4, -0.2) is 20.6 Å². The fraction of sp³-hybridized carbons (Fsp3) is 0. The minimum Gasteiger partial charge on any atom is -0.386 e. The van der Waals surface area contributed by atoms with E-state index >= 15 is 0 Å². The van der Waals surface area contributed by atoms with Crippen LogP contribution in [0.25, 0.3) is 0 Å². The van der Waals surface area contributed by atoms with Crippen LogP contribution in [-0.2, 0) is 19.3 Å². The Hall–Kier alpha value is -0.910. The number of hydrogen-bond acceptors (Lipinski definition) is 2. The molecular formula is C9H11O5PS. The molecule has 0 heterocycles. The summed E-state index contributed by atoms with van der Waals surface area (Å²) in [7, 11) is -1.78. The second-order valence-electron chi connectivity index (χ2n) is 2.68. The van der Waals surface area contributed by atoms with Gasteiger partial charge in [0.15, 0.2) is 0 Å². The SMILES string of the molecule is C=CC(=O)OS(c1ccccc1)=P(O)(O)O. The average Bonchev–Trinajstić information content (AvgIpc) is 2.25. The predicted molar refractivity (Wildman–Crippen MR) is 61.9 cm³/mol. The lowest BCUT2D eigenvalue weighted by molar-refractivity contribution is -0.127. The van der Waals surface area contributed by atoms with Crippen molar-refractivity contribution in [3.63, 3.8) is 0 Å². The standard InChI is InChI=1S/C9H11O5PS/c1-2-9(10)14-16(15(11,12)13)8-6-4-3-5-7-8/h2-7,11-13H,1H2. The van der Waals surface area contributed by atoms with Crippen molar-refractivity contribution in [2.75, 3.05) is 0 Å². The van der Waals surface area contributed by atoms with Gasteiger partial charge in [0.25, 0.3) is 0 Å². The van der Waals surface area contributed by atoms with Crippen LogP contribution in [0.1, 0.15) is 0 Å². The third-order valence-electron chi connectivity index (χ3n) is 1.50. The summed E-state index contributed by atoms with van der Waals surface area (Å²) < 4.78 is 4.72.